The van der Waals surface area contributed by atoms with Crippen LogP contribution in [0.2, 0.25) is 0 Å². The summed E-state index contributed by atoms with van der Waals surface area (Å²) in [6.07, 6.45) is 2.15. The molecule has 3 rings (SSSR count). The normalized spacial score (nSPS) is 10.5. The van der Waals surface area contributed by atoms with E-state index in [4.69, 9.17) is 9.15 Å². The number of aryl methyl sites for hydroxylation is 1. The summed E-state index contributed by atoms with van der Waals surface area (Å²) in [5.74, 6) is 1.19. The van der Waals surface area contributed by atoms with Gasteiger partial charge in [-0.2, -0.15) is 0 Å². The molecule has 0 fully saturated rings. The van der Waals surface area contributed by atoms with Crippen LogP contribution in [0.25, 0.3) is 11.5 Å². The maximum atomic E-state index is 12.2. The number of carbonyl (C=O) groups excluding carboxylic acids is 1. The number of carbonyl (C=O) groups is 1. The van der Waals surface area contributed by atoms with Crippen LogP contribution in [0.1, 0.15) is 12.8 Å². The van der Waals surface area contributed by atoms with Gasteiger partial charge in [0.05, 0.1) is 12.7 Å². The number of anilines is 1. The molecule has 0 aliphatic heterocycles. The van der Waals surface area contributed by atoms with Crippen molar-refractivity contribution in [1.29, 1.82) is 0 Å². The van der Waals surface area contributed by atoms with Gasteiger partial charge in [0.1, 0.15) is 12.3 Å². The van der Waals surface area contributed by atoms with E-state index in [1.165, 1.54) is 16.8 Å². The molecule has 8 nitrogen and oxygen atoms in total. The number of nitrogens with zero attached hydrogens (tertiary/aromatic N) is 3. The first-order valence-electron chi connectivity index (χ1n) is 8.06. The highest BCUT2D eigenvalue weighted by atomic mass is 16.5. The van der Waals surface area contributed by atoms with Crippen LogP contribution in [0.5, 0.6) is 5.75 Å². The highest BCUT2D eigenvalue weighted by Gasteiger charge is 2.11. The molecule has 2 heterocycles. The number of methoxy groups -OCH3 is 1. The van der Waals surface area contributed by atoms with E-state index >= 15 is 0 Å². The lowest BCUT2D eigenvalue weighted by molar-refractivity contribution is -0.116. The third-order valence-corrected chi connectivity index (χ3v) is 3.69. The van der Waals surface area contributed by atoms with Crippen LogP contribution < -0.4 is 15.6 Å². The molecule has 0 spiro atoms. The molecule has 0 radical (unpaired) electrons. The molecule has 0 unspecified atom stereocenters. The monoisotopic (exact) mass is 354 g/mol. The minimum Gasteiger partial charge on any atom is -0.497 e. The third kappa shape index (κ3) is 3.97. The largest absolute Gasteiger partial charge is 0.497 e. The predicted octanol–water partition coefficient (Wildman–Crippen LogP) is 2.11. The minimum absolute atomic E-state index is 0.131. The molecular weight excluding hydrogens is 336 g/mol. The van der Waals surface area contributed by atoms with Crippen molar-refractivity contribution >= 4 is 11.6 Å². The summed E-state index contributed by atoms with van der Waals surface area (Å²) in [5, 5.41) is 10.6. The van der Waals surface area contributed by atoms with E-state index in [2.05, 4.69) is 15.5 Å². The van der Waals surface area contributed by atoms with Gasteiger partial charge >= 0.3 is 0 Å². The van der Waals surface area contributed by atoms with Crippen LogP contribution in [-0.4, -0.2) is 27.8 Å². The van der Waals surface area contributed by atoms with Gasteiger partial charge in [-0.05, 0) is 30.3 Å². The van der Waals surface area contributed by atoms with Crippen LogP contribution in [0.15, 0.2) is 51.8 Å². The fourth-order valence-electron chi connectivity index (χ4n) is 2.32. The van der Waals surface area contributed by atoms with Crippen molar-refractivity contribution in [2.24, 2.45) is 0 Å². The number of benzene rings is 1. The first-order chi connectivity index (χ1) is 12.6. The summed E-state index contributed by atoms with van der Waals surface area (Å²) < 4.78 is 11.9. The Morgan fingerprint density at radius 1 is 1.19 bits per heavy atom. The Morgan fingerprint density at radius 3 is 2.62 bits per heavy atom. The quantitative estimate of drug-likeness (QED) is 0.728. The second-order valence-corrected chi connectivity index (χ2v) is 5.52. The third-order valence-electron chi connectivity index (χ3n) is 3.69. The van der Waals surface area contributed by atoms with Crippen molar-refractivity contribution in [2.45, 2.75) is 19.9 Å². The van der Waals surface area contributed by atoms with Gasteiger partial charge in [-0.1, -0.05) is 6.92 Å². The van der Waals surface area contributed by atoms with Crippen molar-refractivity contribution in [1.82, 2.24) is 14.8 Å². The molecule has 0 aliphatic carbocycles. The van der Waals surface area contributed by atoms with E-state index in [1.54, 1.807) is 37.4 Å². The first kappa shape index (κ1) is 17.4. The summed E-state index contributed by atoms with van der Waals surface area (Å²) in [6, 6.07) is 9.88. The van der Waals surface area contributed by atoms with E-state index in [0.717, 1.165) is 0 Å². The molecule has 0 aliphatic rings. The first-order valence-corrected chi connectivity index (χ1v) is 8.06. The Morgan fingerprint density at radius 2 is 1.96 bits per heavy atom. The van der Waals surface area contributed by atoms with Crippen molar-refractivity contribution in [3.8, 4) is 17.2 Å². The minimum atomic E-state index is -0.325. The standard InChI is InChI=1S/C18H18N4O4/c1-3-16-20-21-18(26-16)12-4-9-17(24)22(10-12)11-15(23)19-13-5-7-14(25-2)8-6-13/h4-10H,3,11H2,1-2H3,(H,19,23). The highest BCUT2D eigenvalue weighted by molar-refractivity contribution is 5.90. The van der Waals surface area contributed by atoms with E-state index in [-0.39, 0.29) is 18.0 Å². The number of nitrogens with one attached hydrogen (secondary N) is 1. The zero-order valence-corrected chi connectivity index (χ0v) is 14.4. The number of ether oxygens (including phenoxy) is 1. The van der Waals surface area contributed by atoms with Crippen LogP contribution in [0.3, 0.4) is 0 Å². The second-order valence-electron chi connectivity index (χ2n) is 5.52. The van der Waals surface area contributed by atoms with Gasteiger partial charge in [-0.25, -0.2) is 0 Å². The van der Waals surface area contributed by atoms with Gasteiger partial charge in [0, 0.05) is 24.4 Å². The average Bonchev–Trinajstić information content (AvgIpc) is 3.13. The Bertz CT molecular complexity index is 960. The van der Waals surface area contributed by atoms with Crippen LogP contribution in [0, 0.1) is 0 Å². The molecule has 0 saturated heterocycles. The van der Waals surface area contributed by atoms with Crippen molar-refractivity contribution in [2.75, 3.05) is 12.4 Å². The van der Waals surface area contributed by atoms with Gasteiger partial charge in [-0.3, -0.25) is 9.59 Å². The molecule has 134 valence electrons. The van der Waals surface area contributed by atoms with Gasteiger partial charge in [0.25, 0.3) is 5.56 Å². The molecule has 1 aromatic carbocycles. The van der Waals surface area contributed by atoms with E-state index in [9.17, 15) is 9.59 Å². The Hall–Kier alpha value is -3.42. The SMILES string of the molecule is CCc1nnc(-c2ccc(=O)n(CC(=O)Nc3ccc(OC)cc3)c2)o1. The number of amides is 1. The molecule has 1 amide bonds. The Labute approximate surface area is 149 Å². The van der Waals surface area contributed by atoms with Crippen molar-refractivity contribution in [3.63, 3.8) is 0 Å². The Balaban J connectivity index is 1.74. The summed E-state index contributed by atoms with van der Waals surface area (Å²) in [5.41, 5.74) is 0.896. The summed E-state index contributed by atoms with van der Waals surface area (Å²) in [4.78, 5) is 24.3. The highest BCUT2D eigenvalue weighted by Crippen LogP contribution is 2.17. The second kappa shape index (κ2) is 7.64. The summed E-state index contributed by atoms with van der Waals surface area (Å²) in [6.45, 7) is 1.77. The zero-order valence-electron chi connectivity index (χ0n) is 14.4. The molecule has 8 heteroatoms. The molecule has 0 atom stereocenters. The van der Waals surface area contributed by atoms with Gasteiger partial charge < -0.3 is 19.0 Å². The number of rotatable bonds is 6. The zero-order chi connectivity index (χ0) is 18.5. The number of hydrogen-bond donors (Lipinski definition) is 1. The summed E-state index contributed by atoms with van der Waals surface area (Å²) >= 11 is 0. The van der Waals surface area contributed by atoms with E-state index in [0.29, 0.717) is 35.2 Å². The molecule has 2 aromatic heterocycles. The summed E-state index contributed by atoms with van der Waals surface area (Å²) in [7, 11) is 1.57. The van der Waals surface area contributed by atoms with Crippen molar-refractivity contribution < 1.29 is 13.9 Å². The maximum Gasteiger partial charge on any atom is 0.251 e. The van der Waals surface area contributed by atoms with Crippen LogP contribution >= 0.6 is 0 Å². The molecule has 26 heavy (non-hydrogen) atoms. The number of aromatic nitrogens is 3. The van der Waals surface area contributed by atoms with Gasteiger partial charge in [-0.15, -0.1) is 10.2 Å². The van der Waals surface area contributed by atoms with Crippen LogP contribution in [-0.2, 0) is 17.8 Å². The van der Waals surface area contributed by atoms with Crippen LogP contribution in [0.4, 0.5) is 5.69 Å². The fraction of sp³-hybridized carbons (Fsp3) is 0.222. The van der Waals surface area contributed by atoms with Gasteiger partial charge in [0.15, 0.2) is 0 Å². The average molecular weight is 354 g/mol. The molecule has 3 aromatic rings. The molecule has 0 saturated carbocycles. The van der Waals surface area contributed by atoms with E-state index < -0.39 is 0 Å². The van der Waals surface area contributed by atoms with Crippen molar-refractivity contribution in [3.05, 3.63) is 58.8 Å². The molecule has 0 bridgehead atoms. The lowest BCUT2D eigenvalue weighted by atomic mass is 10.2. The topological polar surface area (TPSA) is 99.2 Å². The fourth-order valence-corrected chi connectivity index (χ4v) is 2.32. The van der Waals surface area contributed by atoms with Gasteiger partial charge in [0.2, 0.25) is 17.7 Å². The molecule has 1 N–H and O–H groups in total. The number of hydrogen-bond acceptors (Lipinski definition) is 6. The number of pyridine rings is 1. The lowest BCUT2D eigenvalue weighted by Crippen LogP contribution is -2.26. The predicted molar refractivity (Wildman–Crippen MR) is 95.0 cm³/mol. The Kier molecular flexibility index (Phi) is 5.12. The maximum absolute atomic E-state index is 12.2. The smallest absolute Gasteiger partial charge is 0.251 e. The lowest BCUT2D eigenvalue weighted by Gasteiger charge is -2.08. The van der Waals surface area contributed by atoms with E-state index in [1.807, 2.05) is 6.92 Å². The molecular formula is C18H18N4O4.